The monoisotopic (exact) mass is 546 g/mol. The Balaban J connectivity index is 1.46. The maximum Gasteiger partial charge on any atom is 0.306 e. The van der Waals surface area contributed by atoms with Crippen molar-refractivity contribution in [3.05, 3.63) is 107 Å². The maximum absolute atomic E-state index is 14.4. The van der Waals surface area contributed by atoms with E-state index in [0.717, 1.165) is 30.6 Å². The van der Waals surface area contributed by atoms with Crippen LogP contribution in [0.5, 0.6) is 5.75 Å². The van der Waals surface area contributed by atoms with Gasteiger partial charge in [-0.25, -0.2) is 4.39 Å². The quantitative estimate of drug-likeness (QED) is 0.116. The normalized spacial score (nSPS) is 12.6. The Morgan fingerprint density at radius 3 is 2.38 bits per heavy atom. The number of carbonyl (C=O) groups is 1. The highest BCUT2D eigenvalue weighted by molar-refractivity contribution is 6.10. The maximum atomic E-state index is 14.4. The van der Waals surface area contributed by atoms with Crippen molar-refractivity contribution in [2.24, 2.45) is 11.1 Å². The Bertz CT molecular complexity index is 1230. The Morgan fingerprint density at radius 2 is 1.68 bits per heavy atom. The second-order valence-corrected chi connectivity index (χ2v) is 9.90. The van der Waals surface area contributed by atoms with Crippen LogP contribution in [0.15, 0.2) is 90.1 Å². The minimum absolute atomic E-state index is 0.345. The van der Waals surface area contributed by atoms with Gasteiger partial charge >= 0.3 is 5.97 Å². The van der Waals surface area contributed by atoms with Crippen LogP contribution in [0.1, 0.15) is 42.4 Å². The third-order valence-corrected chi connectivity index (χ3v) is 6.45. The van der Waals surface area contributed by atoms with Crippen molar-refractivity contribution < 1.29 is 23.9 Å². The molecule has 0 aromatic heterocycles. The van der Waals surface area contributed by atoms with Crippen LogP contribution >= 0.6 is 0 Å². The number of carboxylic acids is 1. The molecule has 0 aliphatic heterocycles. The molecule has 40 heavy (non-hydrogen) atoms. The van der Waals surface area contributed by atoms with E-state index in [1.807, 2.05) is 79.7 Å². The first-order valence-corrected chi connectivity index (χ1v) is 13.7. The predicted molar refractivity (Wildman–Crippen MR) is 158 cm³/mol. The molecule has 1 N–H and O–H groups in total. The van der Waals surface area contributed by atoms with E-state index in [1.165, 1.54) is 11.6 Å². The second-order valence-electron chi connectivity index (χ2n) is 9.90. The molecule has 0 radical (unpaired) electrons. The van der Waals surface area contributed by atoms with Gasteiger partial charge in [0.25, 0.3) is 0 Å². The summed E-state index contributed by atoms with van der Waals surface area (Å²) in [6.07, 6.45) is 7.22. The smallest absolute Gasteiger partial charge is 0.306 e. The largest absolute Gasteiger partial charge is 0.494 e. The molecule has 3 rings (SSSR count). The number of hydrogen-bond donors (Lipinski definition) is 1. The van der Waals surface area contributed by atoms with Crippen LogP contribution < -0.4 is 4.74 Å². The van der Waals surface area contributed by atoms with Crippen molar-refractivity contribution >= 4 is 17.8 Å². The number of nitrogens with zero attached hydrogens (tertiary/aromatic N) is 2. The average molecular weight is 547 g/mol. The average Bonchev–Trinajstić information content (AvgIpc) is 2.95. The van der Waals surface area contributed by atoms with Crippen LogP contribution in [0.2, 0.25) is 0 Å². The molecular formula is C33H39FN2O4. The SMILES string of the molecule is CN(C)CCO/N=C(/C=C/c1ccc(OCCCCC(CCc2ccccc2)C(=O)O)cc1)c1ccccc1F. The molecule has 6 nitrogen and oxygen atoms in total. The number of likely N-dealkylation sites (N-methyl/N-ethyl adjacent to an activating group) is 1. The third kappa shape index (κ3) is 11.0. The molecule has 0 saturated heterocycles. The van der Waals surface area contributed by atoms with Crippen molar-refractivity contribution in [3.63, 3.8) is 0 Å². The number of oxime groups is 1. The predicted octanol–water partition coefficient (Wildman–Crippen LogP) is 6.70. The third-order valence-electron chi connectivity index (χ3n) is 6.45. The van der Waals surface area contributed by atoms with Crippen LogP contribution in [-0.2, 0) is 16.1 Å². The lowest BCUT2D eigenvalue weighted by Gasteiger charge is -2.12. The van der Waals surface area contributed by atoms with Gasteiger partial charge in [-0.2, -0.15) is 0 Å². The number of ether oxygens (including phenoxy) is 1. The van der Waals surface area contributed by atoms with E-state index in [0.29, 0.717) is 43.9 Å². The first-order chi connectivity index (χ1) is 19.4. The Hall–Kier alpha value is -3.97. The number of aryl methyl sites for hydroxylation is 1. The van der Waals surface area contributed by atoms with Crippen molar-refractivity contribution in [1.29, 1.82) is 0 Å². The van der Waals surface area contributed by atoms with Crippen molar-refractivity contribution in [2.75, 3.05) is 33.9 Å². The fourth-order valence-corrected chi connectivity index (χ4v) is 4.09. The van der Waals surface area contributed by atoms with Crippen LogP contribution in [0.3, 0.4) is 0 Å². The highest BCUT2D eigenvalue weighted by atomic mass is 19.1. The summed E-state index contributed by atoms with van der Waals surface area (Å²) in [5.41, 5.74) is 2.85. The van der Waals surface area contributed by atoms with Gasteiger partial charge in [0.1, 0.15) is 23.9 Å². The molecule has 7 heteroatoms. The molecule has 0 aliphatic carbocycles. The minimum Gasteiger partial charge on any atom is -0.494 e. The molecule has 0 saturated carbocycles. The van der Waals surface area contributed by atoms with E-state index < -0.39 is 5.97 Å². The zero-order valence-electron chi connectivity index (χ0n) is 23.3. The number of halogens is 1. The lowest BCUT2D eigenvalue weighted by molar-refractivity contribution is -0.142. The molecule has 212 valence electrons. The van der Waals surface area contributed by atoms with E-state index in [1.54, 1.807) is 24.3 Å². The summed E-state index contributed by atoms with van der Waals surface area (Å²) in [4.78, 5) is 19.1. The molecule has 3 aromatic carbocycles. The Kier molecular flexibility index (Phi) is 12.9. The zero-order valence-corrected chi connectivity index (χ0v) is 23.3. The fraction of sp³-hybridized carbons (Fsp3) is 0.333. The summed E-state index contributed by atoms with van der Waals surface area (Å²) in [6, 6.07) is 24.1. The van der Waals surface area contributed by atoms with Gasteiger partial charge in [0, 0.05) is 12.1 Å². The molecule has 0 fully saturated rings. The molecule has 0 bridgehead atoms. The van der Waals surface area contributed by atoms with E-state index >= 15 is 0 Å². The summed E-state index contributed by atoms with van der Waals surface area (Å²) in [7, 11) is 3.89. The van der Waals surface area contributed by atoms with E-state index in [2.05, 4.69) is 5.16 Å². The van der Waals surface area contributed by atoms with Crippen molar-refractivity contribution in [1.82, 2.24) is 4.90 Å². The fourth-order valence-electron chi connectivity index (χ4n) is 4.09. The van der Waals surface area contributed by atoms with E-state index in [4.69, 9.17) is 9.57 Å². The number of benzene rings is 3. The molecule has 0 heterocycles. The molecule has 1 atom stereocenters. The Morgan fingerprint density at radius 1 is 0.950 bits per heavy atom. The van der Waals surface area contributed by atoms with Gasteiger partial charge in [-0.15, -0.1) is 0 Å². The molecule has 3 aromatic rings. The highest BCUT2D eigenvalue weighted by Crippen LogP contribution is 2.19. The van der Waals surface area contributed by atoms with Gasteiger partial charge in [-0.05, 0) is 87.7 Å². The highest BCUT2D eigenvalue weighted by Gasteiger charge is 2.16. The first-order valence-electron chi connectivity index (χ1n) is 13.7. The standard InChI is InChI=1S/C33H39FN2O4/c1-36(2)23-25-40-35-32(30-13-6-7-14-31(30)34)22-18-27-16-20-29(21-17-27)39-24-9-8-12-28(33(37)38)19-15-26-10-4-3-5-11-26/h3-7,10-11,13-14,16-18,20-22,28H,8-9,12,15,19,23-25H2,1-2H3,(H,37,38)/b22-18+,35-32-. The van der Waals surface area contributed by atoms with Gasteiger partial charge in [0.15, 0.2) is 0 Å². The van der Waals surface area contributed by atoms with Crippen LogP contribution in [0.25, 0.3) is 6.08 Å². The van der Waals surface area contributed by atoms with E-state index in [9.17, 15) is 14.3 Å². The first kappa shape index (κ1) is 30.6. The Labute approximate surface area is 236 Å². The molecular weight excluding hydrogens is 507 g/mol. The summed E-state index contributed by atoms with van der Waals surface area (Å²) in [5, 5.41) is 13.7. The summed E-state index contributed by atoms with van der Waals surface area (Å²) < 4.78 is 20.3. The number of carboxylic acid groups (broad SMARTS) is 1. The minimum atomic E-state index is -0.733. The molecule has 0 amide bonds. The lowest BCUT2D eigenvalue weighted by Crippen LogP contribution is -2.17. The molecule has 0 spiro atoms. The number of allylic oxidation sites excluding steroid dienone is 1. The number of unbranched alkanes of at least 4 members (excludes halogenated alkanes) is 1. The number of rotatable bonds is 17. The molecule has 1 unspecified atom stereocenters. The second kappa shape index (κ2) is 16.9. The zero-order chi connectivity index (χ0) is 28.6. The number of aliphatic carboxylic acids is 1. The number of hydrogen-bond acceptors (Lipinski definition) is 5. The van der Waals surface area contributed by atoms with Crippen LogP contribution in [0, 0.1) is 11.7 Å². The van der Waals surface area contributed by atoms with Gasteiger partial charge in [-0.1, -0.05) is 65.8 Å². The summed E-state index contributed by atoms with van der Waals surface area (Å²) in [6.45, 7) is 1.62. The van der Waals surface area contributed by atoms with Crippen LogP contribution in [0.4, 0.5) is 4.39 Å². The van der Waals surface area contributed by atoms with Gasteiger partial charge < -0.3 is 19.6 Å². The van der Waals surface area contributed by atoms with Crippen LogP contribution in [-0.4, -0.2) is 55.5 Å². The van der Waals surface area contributed by atoms with Crippen molar-refractivity contribution in [2.45, 2.75) is 32.1 Å². The summed E-state index contributed by atoms with van der Waals surface area (Å²) >= 11 is 0. The van der Waals surface area contributed by atoms with E-state index in [-0.39, 0.29) is 11.7 Å². The molecule has 0 aliphatic rings. The van der Waals surface area contributed by atoms with Gasteiger partial charge in [0.05, 0.1) is 12.5 Å². The van der Waals surface area contributed by atoms with Gasteiger partial charge in [-0.3, -0.25) is 4.79 Å². The topological polar surface area (TPSA) is 71.4 Å². The lowest BCUT2D eigenvalue weighted by atomic mass is 9.94. The van der Waals surface area contributed by atoms with Crippen molar-refractivity contribution in [3.8, 4) is 5.75 Å². The summed E-state index contributed by atoms with van der Waals surface area (Å²) in [5.74, 6) is -0.700. The van der Waals surface area contributed by atoms with Gasteiger partial charge in [0.2, 0.25) is 0 Å².